The molecule has 1 saturated heterocycles. The fourth-order valence-corrected chi connectivity index (χ4v) is 7.71. The molecule has 6 atom stereocenters. The third-order valence-electron chi connectivity index (χ3n) is 8.37. The van der Waals surface area contributed by atoms with Gasteiger partial charge in [-0.3, -0.25) is 14.9 Å². The molecule has 0 aromatic carbocycles. The second-order valence-corrected chi connectivity index (χ2v) is 12.5. The van der Waals surface area contributed by atoms with Crippen LogP contribution >= 0.6 is 23.4 Å². The van der Waals surface area contributed by atoms with Crippen molar-refractivity contribution in [2.75, 3.05) is 12.4 Å². The van der Waals surface area contributed by atoms with Crippen molar-refractivity contribution in [3.8, 4) is 0 Å². The molecule has 6 unspecified atom stereocenters. The number of thioether (sulfide) groups is 1. The van der Waals surface area contributed by atoms with Crippen LogP contribution in [0.15, 0.2) is 0 Å². The van der Waals surface area contributed by atoms with Crippen molar-refractivity contribution in [3.05, 3.63) is 0 Å². The molecule has 1 heterocycles. The largest absolute Gasteiger partial charge is 0.391 e. The van der Waals surface area contributed by atoms with Crippen LogP contribution in [-0.4, -0.2) is 75.5 Å². The number of halogens is 2. The molecule has 186 valence electrons. The van der Waals surface area contributed by atoms with Crippen LogP contribution in [0.3, 0.4) is 0 Å². The Morgan fingerprint density at radius 3 is 2.58 bits per heavy atom. The Balaban J connectivity index is 1.10. The summed E-state index contributed by atoms with van der Waals surface area (Å²) in [6.07, 6.45) is 4.89. The van der Waals surface area contributed by atoms with Crippen LogP contribution in [0.4, 0.5) is 4.39 Å². The number of alkyl halides is 2. The van der Waals surface area contributed by atoms with Crippen molar-refractivity contribution in [1.29, 1.82) is 0 Å². The average Bonchev–Trinajstić information content (AvgIpc) is 3.52. The fourth-order valence-electron chi connectivity index (χ4n) is 6.03. The topological polar surface area (TPSA) is 99.7 Å². The molecule has 7 nitrogen and oxygen atoms in total. The van der Waals surface area contributed by atoms with Gasteiger partial charge in [0.2, 0.25) is 11.8 Å². The molecule has 6 fully saturated rings. The second kappa shape index (κ2) is 9.45. The molecule has 6 aliphatic rings. The Hall–Kier alpha value is -0.610. The Labute approximate surface area is 203 Å². The van der Waals surface area contributed by atoms with E-state index in [9.17, 15) is 19.1 Å². The smallest absolute Gasteiger partial charge is 0.246 e. The Kier molecular flexibility index (Phi) is 6.90. The van der Waals surface area contributed by atoms with Gasteiger partial charge in [-0.1, -0.05) is 0 Å². The van der Waals surface area contributed by atoms with Crippen molar-refractivity contribution in [1.82, 2.24) is 16.0 Å². The van der Waals surface area contributed by atoms with Gasteiger partial charge in [-0.05, 0) is 63.7 Å². The number of rotatable bonds is 7. The Morgan fingerprint density at radius 1 is 1.15 bits per heavy atom. The summed E-state index contributed by atoms with van der Waals surface area (Å²) in [5.41, 5.74) is -1.08. The van der Waals surface area contributed by atoms with Crippen LogP contribution in [0, 0.1) is 5.92 Å². The molecule has 33 heavy (non-hydrogen) atoms. The van der Waals surface area contributed by atoms with Gasteiger partial charge in [0.1, 0.15) is 12.8 Å². The maximum atomic E-state index is 13.8. The lowest BCUT2D eigenvalue weighted by Gasteiger charge is -2.56. The summed E-state index contributed by atoms with van der Waals surface area (Å²) in [7, 11) is 0. The highest BCUT2D eigenvalue weighted by atomic mass is 35.5. The quantitative estimate of drug-likeness (QED) is 0.396. The molecule has 0 aromatic rings. The minimum atomic E-state index is -1.11. The van der Waals surface area contributed by atoms with Gasteiger partial charge in [0.05, 0.1) is 34.5 Å². The van der Waals surface area contributed by atoms with Crippen LogP contribution in [0.25, 0.3) is 0 Å². The first-order valence-corrected chi connectivity index (χ1v) is 13.8. The van der Waals surface area contributed by atoms with E-state index >= 15 is 0 Å². The normalized spacial score (nSPS) is 45.1. The highest BCUT2D eigenvalue weighted by Gasteiger charge is 2.55. The van der Waals surface area contributed by atoms with E-state index in [-0.39, 0.29) is 37.0 Å². The lowest BCUT2D eigenvalue weighted by molar-refractivity contribution is -0.140. The summed E-state index contributed by atoms with van der Waals surface area (Å²) in [6.45, 7) is -0.145. The predicted molar refractivity (Wildman–Crippen MR) is 125 cm³/mol. The number of nitrogens with one attached hydrogen (secondary N) is 3. The highest BCUT2D eigenvalue weighted by molar-refractivity contribution is 8.00. The Morgan fingerprint density at radius 2 is 1.91 bits per heavy atom. The first-order valence-electron chi connectivity index (χ1n) is 12.4. The number of aliphatic hydroxyl groups is 1. The number of fused-ring (bicyclic) bond motifs is 3. The zero-order chi connectivity index (χ0) is 23.2. The molecule has 0 aromatic heterocycles. The van der Waals surface area contributed by atoms with Crippen LogP contribution in [0.1, 0.15) is 64.2 Å². The van der Waals surface area contributed by atoms with Gasteiger partial charge in [-0.25, -0.2) is 4.39 Å². The lowest BCUT2D eigenvalue weighted by atomic mass is 9.60. The van der Waals surface area contributed by atoms with Gasteiger partial charge in [0.25, 0.3) is 0 Å². The number of hydrogen-bond donors (Lipinski definition) is 4. The average molecular weight is 504 g/mol. The van der Waals surface area contributed by atoms with Crippen molar-refractivity contribution in [2.45, 2.75) is 110 Å². The van der Waals surface area contributed by atoms with Crippen LogP contribution in [0.5, 0.6) is 0 Å². The third kappa shape index (κ3) is 5.17. The molecule has 5 aliphatic carbocycles. The van der Waals surface area contributed by atoms with Crippen molar-refractivity contribution in [2.24, 2.45) is 5.92 Å². The number of ether oxygens (including phenoxy) is 1. The van der Waals surface area contributed by atoms with Gasteiger partial charge in [-0.15, -0.1) is 23.4 Å². The van der Waals surface area contributed by atoms with E-state index in [2.05, 4.69) is 16.0 Å². The highest BCUT2D eigenvalue weighted by Crippen LogP contribution is 2.47. The molecule has 2 amide bonds. The summed E-state index contributed by atoms with van der Waals surface area (Å²) in [4.78, 5) is 25.5. The van der Waals surface area contributed by atoms with Crippen LogP contribution < -0.4 is 16.0 Å². The minimum Gasteiger partial charge on any atom is -0.391 e. The molecular weight excluding hydrogens is 469 g/mol. The second-order valence-electron chi connectivity index (χ2n) is 10.8. The summed E-state index contributed by atoms with van der Waals surface area (Å²) in [5.74, 6) is 1.25. The minimum absolute atomic E-state index is 0.0301. The van der Waals surface area contributed by atoms with E-state index in [1.165, 1.54) is 12.8 Å². The van der Waals surface area contributed by atoms with Gasteiger partial charge >= 0.3 is 0 Å². The van der Waals surface area contributed by atoms with Gasteiger partial charge in [0.15, 0.2) is 0 Å². The van der Waals surface area contributed by atoms with Gasteiger partial charge in [0, 0.05) is 17.7 Å². The standard InChI is InChI=1S/C23H35ClFN3O4S/c24-15-4-3-14(9-16(15)25)32-11-19(30)27-23-7-5-22(6-8-23,10-18(23)29)28-20(31)17-12-33-21(26-17)13-1-2-13/h13-18,21,26,29H,1-12H2,(H,27,30)(H,28,31). The first kappa shape index (κ1) is 24.1. The van der Waals surface area contributed by atoms with E-state index in [0.29, 0.717) is 43.4 Å². The van der Waals surface area contributed by atoms with Crippen molar-refractivity contribution >= 4 is 35.2 Å². The first-order chi connectivity index (χ1) is 15.8. The Bertz CT molecular complexity index is 764. The fraction of sp³-hybridized carbons (Fsp3) is 0.913. The van der Waals surface area contributed by atoms with Crippen molar-refractivity contribution < 1.29 is 23.8 Å². The SMILES string of the molecule is O=C(COC1CCC(Cl)C(F)C1)NC12CCC(NC(=O)C3CSC(C4CC4)N3)(CC1)CC2O. The number of amides is 2. The molecule has 4 N–H and O–H groups in total. The zero-order valence-electron chi connectivity index (χ0n) is 18.9. The third-order valence-corrected chi connectivity index (χ3v) is 10.3. The zero-order valence-corrected chi connectivity index (χ0v) is 20.4. The van der Waals surface area contributed by atoms with E-state index in [0.717, 1.165) is 18.6 Å². The molecular formula is C23H35ClFN3O4S. The lowest BCUT2D eigenvalue weighted by Crippen LogP contribution is -2.71. The molecule has 1 aliphatic heterocycles. The number of hydrogen-bond acceptors (Lipinski definition) is 6. The molecule has 10 heteroatoms. The van der Waals surface area contributed by atoms with Gasteiger partial charge < -0.3 is 20.5 Å². The molecule has 6 rings (SSSR count). The van der Waals surface area contributed by atoms with E-state index in [1.807, 2.05) is 11.8 Å². The predicted octanol–water partition coefficient (Wildman–Crippen LogP) is 1.99. The summed E-state index contributed by atoms with van der Waals surface area (Å²) in [5, 5.41) is 20.6. The molecule has 2 bridgehead atoms. The van der Waals surface area contributed by atoms with Crippen LogP contribution in [0.2, 0.25) is 0 Å². The summed E-state index contributed by atoms with van der Waals surface area (Å²) < 4.78 is 19.4. The number of carbonyl (C=O) groups is 2. The molecule has 5 saturated carbocycles. The van der Waals surface area contributed by atoms with E-state index in [4.69, 9.17) is 16.3 Å². The van der Waals surface area contributed by atoms with E-state index in [1.54, 1.807) is 0 Å². The number of carbonyl (C=O) groups excluding carboxylic acids is 2. The molecule has 0 spiro atoms. The van der Waals surface area contributed by atoms with Gasteiger partial charge in [-0.2, -0.15) is 0 Å². The maximum Gasteiger partial charge on any atom is 0.246 e. The van der Waals surface area contributed by atoms with E-state index < -0.39 is 28.7 Å². The summed E-state index contributed by atoms with van der Waals surface area (Å²) >= 11 is 7.76. The summed E-state index contributed by atoms with van der Waals surface area (Å²) in [6, 6.07) is -0.171. The van der Waals surface area contributed by atoms with Crippen molar-refractivity contribution in [3.63, 3.8) is 0 Å². The van der Waals surface area contributed by atoms with Crippen LogP contribution in [-0.2, 0) is 14.3 Å². The monoisotopic (exact) mass is 503 g/mol. The molecule has 0 radical (unpaired) electrons. The maximum absolute atomic E-state index is 13.8. The number of aliphatic hydroxyl groups excluding tert-OH is 1.